The van der Waals surface area contributed by atoms with E-state index in [2.05, 4.69) is 15.3 Å². The smallest absolute Gasteiger partial charge is 0.413 e. The molecule has 142 valence electrons. The average molecular weight is 405 g/mol. The predicted octanol–water partition coefficient (Wildman–Crippen LogP) is 4.23. The number of aromatic nitrogens is 2. The van der Waals surface area contributed by atoms with E-state index in [1.165, 1.54) is 30.6 Å². The number of nitrogens with zero attached hydrogens (tertiary/aromatic N) is 2. The number of pyridine rings is 1. The Morgan fingerprint density at radius 1 is 1.38 bits per heavy atom. The van der Waals surface area contributed by atoms with Crippen molar-refractivity contribution in [2.24, 2.45) is 0 Å². The summed E-state index contributed by atoms with van der Waals surface area (Å²) in [6.07, 6.45) is -0.382. The maximum Gasteiger partial charge on any atom is 0.413 e. The quantitative estimate of drug-likeness (QED) is 0.645. The lowest BCUT2D eigenvalue weighted by Gasteiger charge is -2.18. The molecular weight excluding hydrogens is 387 g/mol. The molecule has 0 unspecified atom stereocenters. The second kappa shape index (κ2) is 9.30. The highest BCUT2D eigenvalue weighted by Crippen LogP contribution is 2.30. The van der Waals surface area contributed by atoms with Crippen LogP contribution in [-0.2, 0) is 4.74 Å². The van der Waals surface area contributed by atoms with Gasteiger partial charge in [0.05, 0.1) is 10.7 Å². The summed E-state index contributed by atoms with van der Waals surface area (Å²) in [4.78, 5) is 28.5. The van der Waals surface area contributed by atoms with Crippen LogP contribution < -0.4 is 10.6 Å². The minimum absolute atomic E-state index is 0.283. The molecular formula is C15H18ClFN4O4S. The first-order chi connectivity index (χ1) is 12.0. The van der Waals surface area contributed by atoms with Crippen LogP contribution in [0.5, 0.6) is 0 Å². The van der Waals surface area contributed by atoms with Gasteiger partial charge in [-0.1, -0.05) is 11.6 Å². The maximum atomic E-state index is 13.2. The molecule has 0 saturated carbocycles. The second-order valence-corrected chi connectivity index (χ2v) is 6.97. The van der Waals surface area contributed by atoms with Crippen LogP contribution in [0.15, 0.2) is 17.6 Å². The van der Waals surface area contributed by atoms with Crippen LogP contribution in [0.25, 0.3) is 11.3 Å². The molecule has 2 aromatic rings. The lowest BCUT2D eigenvalue weighted by Crippen LogP contribution is -2.27. The fourth-order valence-corrected chi connectivity index (χ4v) is 2.35. The molecule has 26 heavy (non-hydrogen) atoms. The molecule has 0 fully saturated rings. The molecule has 8 nitrogen and oxygen atoms in total. The van der Waals surface area contributed by atoms with E-state index in [1.807, 2.05) is 5.32 Å². The van der Waals surface area contributed by atoms with Gasteiger partial charge in [0.25, 0.3) is 0 Å². The number of anilines is 1. The molecule has 0 aliphatic heterocycles. The predicted molar refractivity (Wildman–Crippen MR) is 97.3 cm³/mol. The summed E-state index contributed by atoms with van der Waals surface area (Å²) in [5.74, 6) is -0.649. The number of rotatable bonds is 2. The van der Waals surface area contributed by atoms with Gasteiger partial charge >= 0.3 is 12.2 Å². The molecule has 2 amide bonds. The fraction of sp³-hybridized carbons (Fsp3) is 0.333. The summed E-state index contributed by atoms with van der Waals surface area (Å²) < 4.78 is 18.3. The van der Waals surface area contributed by atoms with Gasteiger partial charge in [0.15, 0.2) is 5.13 Å². The van der Waals surface area contributed by atoms with Gasteiger partial charge in [0.1, 0.15) is 5.60 Å². The van der Waals surface area contributed by atoms with Crippen LogP contribution >= 0.6 is 22.9 Å². The Labute approximate surface area is 158 Å². The Hall–Kier alpha value is -2.46. The number of amides is 2. The van der Waals surface area contributed by atoms with Crippen molar-refractivity contribution in [2.45, 2.75) is 26.4 Å². The zero-order valence-corrected chi connectivity index (χ0v) is 16.0. The van der Waals surface area contributed by atoms with Gasteiger partial charge in [-0.15, -0.1) is 11.3 Å². The summed E-state index contributed by atoms with van der Waals surface area (Å²) in [5.41, 5.74) is 0.275. The van der Waals surface area contributed by atoms with E-state index in [4.69, 9.17) is 21.4 Å². The number of nitrogens with one attached hydrogen (secondary N) is 2. The zero-order valence-electron chi connectivity index (χ0n) is 14.5. The zero-order chi connectivity index (χ0) is 19.9. The van der Waals surface area contributed by atoms with Gasteiger partial charge in [-0.25, -0.2) is 19.6 Å². The van der Waals surface area contributed by atoms with Crippen LogP contribution in [0.2, 0.25) is 5.02 Å². The third-order valence-corrected chi connectivity index (χ3v) is 3.48. The van der Waals surface area contributed by atoms with Gasteiger partial charge in [0, 0.05) is 30.3 Å². The Bertz CT molecular complexity index is 779. The van der Waals surface area contributed by atoms with E-state index < -0.39 is 23.7 Å². The third-order valence-electron chi connectivity index (χ3n) is 2.42. The topological polar surface area (TPSA) is 113 Å². The van der Waals surface area contributed by atoms with Crippen LogP contribution in [0.4, 0.5) is 19.1 Å². The largest absolute Gasteiger partial charge is 0.465 e. The van der Waals surface area contributed by atoms with Crippen LogP contribution in [-0.4, -0.2) is 39.9 Å². The van der Waals surface area contributed by atoms with Crippen LogP contribution in [0.1, 0.15) is 20.8 Å². The van der Waals surface area contributed by atoms with Crippen molar-refractivity contribution in [3.05, 3.63) is 28.6 Å². The summed E-state index contributed by atoms with van der Waals surface area (Å²) in [5, 5.41) is 14.4. The normalized spacial score (nSPS) is 10.4. The highest BCUT2D eigenvalue weighted by Gasteiger charge is 2.18. The Morgan fingerprint density at radius 3 is 2.54 bits per heavy atom. The highest BCUT2D eigenvalue weighted by molar-refractivity contribution is 7.14. The van der Waals surface area contributed by atoms with E-state index in [0.29, 0.717) is 16.4 Å². The molecule has 0 aromatic carbocycles. The molecule has 0 aliphatic rings. The van der Waals surface area contributed by atoms with Gasteiger partial charge < -0.3 is 15.2 Å². The standard InChI is InChI=1S/C13H13ClFN3O2S.C2H5NO2/c1-13(2,3)20-12(19)18-11-17-9(6-21-11)7-4-10(15)16-5-8(7)14;1-3-2(4)5/h4-6H,1-3H3,(H,17,18,19);3H,1H3,(H,4,5). The number of halogens is 2. The molecule has 2 heterocycles. The highest BCUT2D eigenvalue weighted by atomic mass is 35.5. The van der Waals surface area contributed by atoms with Crippen molar-refractivity contribution in [3.8, 4) is 11.3 Å². The molecule has 0 bridgehead atoms. The molecule has 0 atom stereocenters. The van der Waals surface area contributed by atoms with Crippen LogP contribution in [0.3, 0.4) is 0 Å². The first-order valence-electron chi connectivity index (χ1n) is 7.19. The number of ether oxygens (including phenoxy) is 1. The lowest BCUT2D eigenvalue weighted by molar-refractivity contribution is 0.0636. The summed E-state index contributed by atoms with van der Waals surface area (Å²) >= 11 is 7.14. The number of thiazole rings is 1. The molecule has 0 spiro atoms. The average Bonchev–Trinajstić information content (AvgIpc) is 2.96. The monoisotopic (exact) mass is 404 g/mol. The van der Waals surface area contributed by atoms with Crippen molar-refractivity contribution in [2.75, 3.05) is 12.4 Å². The molecule has 2 rings (SSSR count). The first kappa shape index (κ1) is 21.6. The van der Waals surface area contributed by atoms with E-state index in [0.717, 1.165) is 0 Å². The van der Waals surface area contributed by atoms with Crippen molar-refractivity contribution < 1.29 is 23.8 Å². The number of carbonyl (C=O) groups is 2. The van der Waals surface area contributed by atoms with E-state index in [1.54, 1.807) is 26.2 Å². The van der Waals surface area contributed by atoms with Crippen molar-refractivity contribution in [1.82, 2.24) is 15.3 Å². The Balaban J connectivity index is 0.000000597. The molecule has 2 aromatic heterocycles. The lowest BCUT2D eigenvalue weighted by atomic mass is 10.2. The van der Waals surface area contributed by atoms with E-state index in [-0.39, 0.29) is 5.02 Å². The number of hydrogen-bond donors (Lipinski definition) is 3. The summed E-state index contributed by atoms with van der Waals surface area (Å²) in [6.45, 7) is 5.29. The maximum absolute atomic E-state index is 13.2. The Kier molecular flexibility index (Phi) is 7.72. The molecule has 0 saturated heterocycles. The number of hydrogen-bond acceptors (Lipinski definition) is 6. The van der Waals surface area contributed by atoms with Gasteiger partial charge in [0.2, 0.25) is 5.95 Å². The first-order valence-corrected chi connectivity index (χ1v) is 8.45. The summed E-state index contributed by atoms with van der Waals surface area (Å²) in [6, 6.07) is 1.19. The third kappa shape index (κ3) is 7.62. The van der Waals surface area contributed by atoms with E-state index in [9.17, 15) is 14.0 Å². The van der Waals surface area contributed by atoms with Gasteiger partial charge in [-0.05, 0) is 20.8 Å². The number of carbonyl (C=O) groups excluding carboxylic acids is 1. The Morgan fingerprint density at radius 2 is 2.00 bits per heavy atom. The van der Waals surface area contributed by atoms with E-state index >= 15 is 0 Å². The summed E-state index contributed by atoms with van der Waals surface area (Å²) in [7, 11) is 1.35. The molecule has 0 radical (unpaired) electrons. The fourth-order valence-electron chi connectivity index (χ4n) is 1.46. The van der Waals surface area contributed by atoms with Crippen molar-refractivity contribution in [3.63, 3.8) is 0 Å². The van der Waals surface area contributed by atoms with Gasteiger partial charge in [-0.3, -0.25) is 5.32 Å². The number of carboxylic acid groups (broad SMARTS) is 1. The van der Waals surface area contributed by atoms with Crippen molar-refractivity contribution >= 4 is 40.3 Å². The SMILES string of the molecule is CC(C)(C)OC(=O)Nc1nc(-c2cc(F)ncc2Cl)cs1.CNC(=O)O. The van der Waals surface area contributed by atoms with Gasteiger partial charge in [-0.2, -0.15) is 4.39 Å². The molecule has 0 aliphatic carbocycles. The van der Waals surface area contributed by atoms with Crippen molar-refractivity contribution in [1.29, 1.82) is 0 Å². The second-order valence-electron chi connectivity index (χ2n) is 5.71. The van der Waals surface area contributed by atoms with Crippen LogP contribution in [0, 0.1) is 5.95 Å². The molecule has 3 N–H and O–H groups in total. The minimum Gasteiger partial charge on any atom is -0.465 e. The molecule has 11 heteroatoms. The minimum atomic E-state index is -0.995.